The van der Waals surface area contributed by atoms with Crippen molar-refractivity contribution in [3.63, 3.8) is 0 Å². The van der Waals surface area contributed by atoms with E-state index in [1.807, 2.05) is 26.8 Å². The maximum Gasteiger partial charge on any atom is 0.410 e. The van der Waals surface area contributed by atoms with Crippen molar-refractivity contribution >= 4 is 35.4 Å². The first-order chi connectivity index (χ1) is 18.0. The third kappa shape index (κ3) is 5.24. The summed E-state index contributed by atoms with van der Waals surface area (Å²) < 4.78 is 5.50. The highest BCUT2D eigenvalue weighted by Crippen LogP contribution is 2.31. The zero-order valence-corrected chi connectivity index (χ0v) is 22.2. The van der Waals surface area contributed by atoms with Crippen molar-refractivity contribution < 1.29 is 28.7 Å². The number of ether oxygens (including phenoxy) is 1. The number of amides is 5. The van der Waals surface area contributed by atoms with Gasteiger partial charge in [0.05, 0.1) is 11.1 Å². The molecule has 11 heteroatoms. The summed E-state index contributed by atoms with van der Waals surface area (Å²) in [6.07, 6.45) is 0.954. The van der Waals surface area contributed by atoms with E-state index in [1.54, 1.807) is 17.0 Å². The molecule has 5 rings (SSSR count). The number of piperazine rings is 1. The van der Waals surface area contributed by atoms with Crippen LogP contribution in [-0.2, 0) is 14.3 Å². The van der Waals surface area contributed by atoms with Crippen molar-refractivity contribution in [2.75, 3.05) is 50.7 Å². The van der Waals surface area contributed by atoms with Crippen LogP contribution in [0.1, 0.15) is 60.7 Å². The van der Waals surface area contributed by atoms with Gasteiger partial charge in [-0.3, -0.25) is 34.3 Å². The number of carbonyl (C=O) groups is 5. The maximum atomic E-state index is 13.1. The second-order valence-electron chi connectivity index (χ2n) is 11.5. The maximum absolute atomic E-state index is 13.1. The Bertz CT molecular complexity index is 1170. The summed E-state index contributed by atoms with van der Waals surface area (Å²) in [7, 11) is 0. The molecule has 5 amide bonds. The van der Waals surface area contributed by atoms with Crippen LogP contribution in [0.15, 0.2) is 18.2 Å². The van der Waals surface area contributed by atoms with Crippen LogP contribution in [0.25, 0.3) is 0 Å². The number of hydrogen-bond donors (Lipinski definition) is 1. The molecule has 3 fully saturated rings. The van der Waals surface area contributed by atoms with E-state index in [9.17, 15) is 24.0 Å². The molecule has 0 aromatic heterocycles. The van der Waals surface area contributed by atoms with Gasteiger partial charge >= 0.3 is 6.09 Å². The number of fused-ring (bicyclic) bond motifs is 1. The predicted molar refractivity (Wildman–Crippen MR) is 138 cm³/mol. The Hall–Kier alpha value is -3.47. The van der Waals surface area contributed by atoms with E-state index in [0.717, 1.165) is 56.3 Å². The van der Waals surface area contributed by atoms with Crippen LogP contribution in [-0.4, -0.2) is 102 Å². The third-order valence-electron chi connectivity index (χ3n) is 7.61. The van der Waals surface area contributed by atoms with Crippen LogP contribution in [0.4, 0.5) is 10.5 Å². The van der Waals surface area contributed by atoms with E-state index < -0.39 is 35.3 Å². The second kappa shape index (κ2) is 10.0. The van der Waals surface area contributed by atoms with Gasteiger partial charge in [-0.15, -0.1) is 0 Å². The van der Waals surface area contributed by atoms with Crippen molar-refractivity contribution in [1.82, 2.24) is 20.0 Å². The molecule has 4 aliphatic heterocycles. The van der Waals surface area contributed by atoms with Crippen molar-refractivity contribution in [2.45, 2.75) is 51.7 Å². The number of anilines is 1. The molecule has 1 aromatic rings. The third-order valence-corrected chi connectivity index (χ3v) is 7.61. The Morgan fingerprint density at radius 1 is 0.974 bits per heavy atom. The summed E-state index contributed by atoms with van der Waals surface area (Å²) in [6, 6.07) is 4.29. The average molecular weight is 526 g/mol. The Labute approximate surface area is 222 Å². The summed E-state index contributed by atoms with van der Waals surface area (Å²) in [5.41, 5.74) is 0.960. The van der Waals surface area contributed by atoms with Gasteiger partial charge in [0.1, 0.15) is 11.6 Å². The fourth-order valence-corrected chi connectivity index (χ4v) is 5.68. The number of nitrogens with one attached hydrogen (secondary N) is 1. The first-order valence-electron chi connectivity index (χ1n) is 13.3. The number of rotatable bonds is 4. The van der Waals surface area contributed by atoms with Crippen LogP contribution in [0, 0.1) is 5.92 Å². The van der Waals surface area contributed by atoms with Gasteiger partial charge in [-0.1, -0.05) is 0 Å². The number of benzene rings is 1. The lowest BCUT2D eigenvalue weighted by molar-refractivity contribution is -0.136. The van der Waals surface area contributed by atoms with Crippen LogP contribution < -0.4 is 10.2 Å². The molecule has 38 heavy (non-hydrogen) atoms. The molecule has 0 bridgehead atoms. The lowest BCUT2D eigenvalue weighted by Crippen LogP contribution is -2.54. The molecule has 3 saturated heterocycles. The van der Waals surface area contributed by atoms with Crippen LogP contribution in [0.2, 0.25) is 0 Å². The molecule has 0 spiro atoms. The number of nitrogens with zero attached hydrogens (tertiary/aromatic N) is 4. The molecular formula is C27H35N5O6. The molecule has 2 atom stereocenters. The quantitative estimate of drug-likeness (QED) is 0.587. The molecule has 4 heterocycles. The van der Waals surface area contributed by atoms with Crippen LogP contribution in [0.5, 0.6) is 0 Å². The van der Waals surface area contributed by atoms with Crippen molar-refractivity contribution in [3.05, 3.63) is 29.3 Å². The Balaban J connectivity index is 1.16. The van der Waals surface area contributed by atoms with Gasteiger partial charge < -0.3 is 14.5 Å². The number of hydrogen-bond acceptors (Lipinski definition) is 8. The SMILES string of the molecule is CC(C)(C)OC(=O)N1CC[C@H](CN2CCN(c3ccc4c(c3)C(=O)N(C3CCC(=O)NC3=O)C4=O)CC2)C1. The first kappa shape index (κ1) is 26.1. The zero-order valence-electron chi connectivity index (χ0n) is 22.2. The summed E-state index contributed by atoms with van der Waals surface area (Å²) in [5, 5.41) is 2.22. The highest BCUT2D eigenvalue weighted by molar-refractivity contribution is 6.23. The minimum atomic E-state index is -0.964. The van der Waals surface area contributed by atoms with Gasteiger partial charge in [0.15, 0.2) is 0 Å². The van der Waals surface area contributed by atoms with Crippen LogP contribution in [0.3, 0.4) is 0 Å². The fourth-order valence-electron chi connectivity index (χ4n) is 5.68. The normalized spacial score (nSPS) is 24.7. The van der Waals surface area contributed by atoms with Gasteiger partial charge in [-0.05, 0) is 57.7 Å². The van der Waals surface area contributed by atoms with E-state index in [0.29, 0.717) is 18.0 Å². The number of carbonyl (C=O) groups excluding carboxylic acids is 5. The largest absolute Gasteiger partial charge is 0.444 e. The minimum Gasteiger partial charge on any atom is -0.444 e. The van der Waals surface area contributed by atoms with Crippen LogP contribution >= 0.6 is 0 Å². The molecule has 0 saturated carbocycles. The highest BCUT2D eigenvalue weighted by atomic mass is 16.6. The standard InChI is InChI=1S/C27H35N5O6/c1-27(2,3)38-26(37)31-9-8-17(16-31)15-29-10-12-30(13-11-29)18-4-5-19-20(14-18)25(36)32(24(19)35)21-6-7-22(33)28-23(21)34/h4-5,14,17,21H,6-13,15-16H2,1-3H3,(H,28,33,34)/t17-,21?/m1/s1. The molecular weight excluding hydrogens is 490 g/mol. The van der Waals surface area contributed by atoms with Gasteiger partial charge in [0.2, 0.25) is 11.8 Å². The van der Waals surface area contributed by atoms with E-state index >= 15 is 0 Å². The number of imide groups is 2. The molecule has 11 nitrogen and oxygen atoms in total. The summed E-state index contributed by atoms with van der Waals surface area (Å²) in [6.45, 7) is 11.2. The van der Waals surface area contributed by atoms with Gasteiger partial charge in [0.25, 0.3) is 11.8 Å². The Morgan fingerprint density at radius 2 is 1.68 bits per heavy atom. The smallest absolute Gasteiger partial charge is 0.410 e. The molecule has 4 aliphatic rings. The lowest BCUT2D eigenvalue weighted by atomic mass is 10.0. The molecule has 0 aliphatic carbocycles. The predicted octanol–water partition coefficient (Wildman–Crippen LogP) is 1.47. The van der Waals surface area contributed by atoms with Crippen molar-refractivity contribution in [1.29, 1.82) is 0 Å². The summed E-state index contributed by atoms with van der Waals surface area (Å²) in [5.74, 6) is -1.57. The number of likely N-dealkylation sites (tertiary alicyclic amines) is 1. The van der Waals surface area contributed by atoms with Crippen molar-refractivity contribution in [2.24, 2.45) is 5.92 Å². The lowest BCUT2D eigenvalue weighted by Gasteiger charge is -2.37. The summed E-state index contributed by atoms with van der Waals surface area (Å²) >= 11 is 0. The van der Waals surface area contributed by atoms with E-state index in [2.05, 4.69) is 15.1 Å². The topological polar surface area (TPSA) is 120 Å². The van der Waals surface area contributed by atoms with Gasteiger partial charge in [-0.2, -0.15) is 0 Å². The Kier molecular flexibility index (Phi) is 6.89. The zero-order chi connectivity index (χ0) is 27.2. The molecule has 204 valence electrons. The fraction of sp³-hybridized carbons (Fsp3) is 0.593. The Morgan fingerprint density at radius 3 is 2.37 bits per heavy atom. The first-order valence-corrected chi connectivity index (χ1v) is 13.3. The van der Waals surface area contributed by atoms with E-state index in [1.165, 1.54) is 0 Å². The second-order valence-corrected chi connectivity index (χ2v) is 11.5. The van der Waals surface area contributed by atoms with E-state index in [4.69, 9.17) is 4.74 Å². The molecule has 1 N–H and O–H groups in total. The highest BCUT2D eigenvalue weighted by Gasteiger charge is 2.44. The van der Waals surface area contributed by atoms with Gasteiger partial charge in [0, 0.05) is 57.9 Å². The minimum absolute atomic E-state index is 0.0965. The monoisotopic (exact) mass is 525 g/mol. The molecule has 1 unspecified atom stereocenters. The van der Waals surface area contributed by atoms with Crippen molar-refractivity contribution in [3.8, 4) is 0 Å². The van der Waals surface area contributed by atoms with Gasteiger partial charge in [-0.25, -0.2) is 4.79 Å². The number of piperidine rings is 1. The molecule has 0 radical (unpaired) electrons. The molecule has 1 aromatic carbocycles. The summed E-state index contributed by atoms with van der Waals surface area (Å²) in [4.78, 5) is 69.6. The van der Waals surface area contributed by atoms with E-state index in [-0.39, 0.29) is 24.5 Å². The average Bonchev–Trinajstić information content (AvgIpc) is 3.42.